The van der Waals surface area contributed by atoms with Gasteiger partial charge in [-0.05, 0) is 75.0 Å². The Morgan fingerprint density at radius 2 is 1.95 bits per heavy atom. The molecule has 5 fully saturated rings. The predicted molar refractivity (Wildman–Crippen MR) is 143 cm³/mol. The lowest BCUT2D eigenvalue weighted by Crippen LogP contribution is -2.65. The Kier molecular flexibility index (Phi) is 8.42. The maximum Gasteiger partial charge on any atom is 0.481 e. The second-order valence-corrected chi connectivity index (χ2v) is 13.0. The molecule has 6 atom stereocenters. The third-order valence-corrected chi connectivity index (χ3v) is 9.40. The third-order valence-electron chi connectivity index (χ3n) is 9.40. The van der Waals surface area contributed by atoms with Gasteiger partial charge in [0.15, 0.2) is 5.03 Å². The highest BCUT2D eigenvalue weighted by Crippen LogP contribution is 2.65. The van der Waals surface area contributed by atoms with E-state index in [-0.39, 0.29) is 59.6 Å². The van der Waals surface area contributed by atoms with E-state index in [0.717, 1.165) is 25.7 Å². The van der Waals surface area contributed by atoms with Gasteiger partial charge in [-0.1, -0.05) is 33.1 Å². The zero-order chi connectivity index (χ0) is 27.8. The topological polar surface area (TPSA) is 158 Å². The Morgan fingerprint density at radius 3 is 2.55 bits per heavy atom. The van der Waals surface area contributed by atoms with Crippen molar-refractivity contribution in [2.45, 2.75) is 104 Å². The summed E-state index contributed by atoms with van der Waals surface area (Å²) in [6.45, 7) is 11.3. The van der Waals surface area contributed by atoms with Crippen LogP contribution in [0.15, 0.2) is 4.99 Å². The summed E-state index contributed by atoms with van der Waals surface area (Å²) in [5, 5.41) is 12.9. The van der Waals surface area contributed by atoms with E-state index in [1.54, 1.807) is 0 Å². The van der Waals surface area contributed by atoms with E-state index in [2.05, 4.69) is 44.9 Å². The molecule has 4 aliphatic carbocycles. The number of rotatable bonds is 13. The minimum Gasteiger partial charge on any atom is -0.404 e. The quantitative estimate of drug-likeness (QED) is 0.0814. The number of hydrogen-bond acceptors (Lipinski definition) is 7. The average Bonchev–Trinajstić information content (AvgIpc) is 3.60. The molecule has 0 aromatic heterocycles. The molecule has 1 amide bonds. The molecule has 0 radical (unpaired) electrons. The standard InChI is InChI=1S/C26H44BN5O6/c1-15(2)11-22(27-37-21-14-18-13-20(25(18,3)4)26(21,5)38-27)30-23(34)17(12-19(33)16-8-9-16)7-6-10-29-24(28)31-32(35)36/h15-18,20-22H,6-14H2,1-5H3,(H,30,34)(H3,28,29,31)/t17-,18+,20+,21-,22+,26+/m1/s1. The van der Waals surface area contributed by atoms with Crippen LogP contribution in [-0.2, 0) is 18.9 Å². The summed E-state index contributed by atoms with van der Waals surface area (Å²) in [6.07, 6.45) is 5.73. The lowest BCUT2D eigenvalue weighted by atomic mass is 9.43. The van der Waals surface area contributed by atoms with E-state index < -0.39 is 18.1 Å². The first-order valence-corrected chi connectivity index (χ1v) is 14.2. The zero-order valence-electron chi connectivity index (χ0n) is 23.4. The van der Waals surface area contributed by atoms with Crippen molar-refractivity contribution >= 4 is 24.8 Å². The van der Waals surface area contributed by atoms with Crippen LogP contribution in [0.25, 0.3) is 0 Å². The van der Waals surface area contributed by atoms with Crippen molar-refractivity contribution in [3.63, 3.8) is 0 Å². The Bertz CT molecular complexity index is 956. The van der Waals surface area contributed by atoms with Gasteiger partial charge in [-0.15, -0.1) is 0 Å². The molecule has 4 N–H and O–H groups in total. The molecule has 12 heteroatoms. The molecule has 1 aliphatic heterocycles. The van der Waals surface area contributed by atoms with E-state index in [1.165, 1.54) is 0 Å². The highest BCUT2D eigenvalue weighted by Gasteiger charge is 2.68. The summed E-state index contributed by atoms with van der Waals surface area (Å²) < 4.78 is 13.2. The van der Waals surface area contributed by atoms with Crippen LogP contribution in [0.2, 0.25) is 0 Å². The van der Waals surface area contributed by atoms with Crippen molar-refractivity contribution < 1.29 is 23.9 Å². The predicted octanol–water partition coefficient (Wildman–Crippen LogP) is 2.65. The Balaban J connectivity index is 1.41. The zero-order valence-corrected chi connectivity index (χ0v) is 23.4. The van der Waals surface area contributed by atoms with Crippen LogP contribution < -0.4 is 16.5 Å². The summed E-state index contributed by atoms with van der Waals surface area (Å²) >= 11 is 0. The highest BCUT2D eigenvalue weighted by atomic mass is 16.7. The third kappa shape index (κ3) is 6.16. The maximum atomic E-state index is 13.6. The molecule has 5 rings (SSSR count). The van der Waals surface area contributed by atoms with E-state index in [1.807, 2.05) is 5.43 Å². The van der Waals surface area contributed by atoms with Gasteiger partial charge in [-0.3, -0.25) is 9.59 Å². The Morgan fingerprint density at radius 1 is 1.24 bits per heavy atom. The van der Waals surface area contributed by atoms with Crippen molar-refractivity contribution in [2.24, 2.45) is 45.7 Å². The minimum atomic E-state index is -0.771. The first kappa shape index (κ1) is 28.8. The van der Waals surface area contributed by atoms with E-state index >= 15 is 0 Å². The number of nitrogens with zero attached hydrogens (tertiary/aromatic N) is 2. The lowest BCUT2D eigenvalue weighted by Gasteiger charge is -2.64. The van der Waals surface area contributed by atoms with Gasteiger partial charge >= 0.3 is 7.12 Å². The SMILES string of the molecule is CC(C)C[C@H](NC(=O)[C@H](CCCN=C(N)N[N+](=O)[O-])CC(=O)C1CC1)B1O[C@@H]2C[C@@H]3C[C@@H](C3(C)C)[C@]2(C)O1. The van der Waals surface area contributed by atoms with Crippen LogP contribution >= 0.6 is 0 Å². The number of nitro groups is 1. The minimum absolute atomic E-state index is 0.0270. The number of hydrogen-bond donors (Lipinski definition) is 3. The molecule has 1 saturated heterocycles. The summed E-state index contributed by atoms with van der Waals surface area (Å²) in [4.78, 5) is 40.7. The Hall–Kier alpha value is -2.21. The number of Topliss-reactive ketones (excluding diaryl/α,β-unsaturated/α-hetero) is 1. The van der Waals surface area contributed by atoms with Crippen LogP contribution in [0.3, 0.4) is 0 Å². The molecule has 0 aromatic rings. The van der Waals surface area contributed by atoms with Gasteiger partial charge in [0.2, 0.25) is 5.91 Å². The number of guanidine groups is 1. The smallest absolute Gasteiger partial charge is 0.404 e. The number of aliphatic imine (C=N–C) groups is 1. The number of carbonyl (C=O) groups excluding carboxylic acids is 2. The van der Waals surface area contributed by atoms with E-state index in [0.29, 0.717) is 37.0 Å². The number of carbonyl (C=O) groups is 2. The average molecular weight is 533 g/mol. The molecule has 0 aromatic carbocycles. The Labute approximate surface area is 225 Å². The fraction of sp³-hybridized carbons (Fsp3) is 0.885. The number of amides is 1. The molecule has 4 saturated carbocycles. The summed E-state index contributed by atoms with van der Waals surface area (Å²) in [7, 11) is -0.524. The molecule has 0 unspecified atom stereocenters. The summed E-state index contributed by atoms with van der Waals surface area (Å²) in [5.41, 5.74) is 7.17. The monoisotopic (exact) mass is 533 g/mol. The van der Waals surface area contributed by atoms with Crippen LogP contribution in [-0.4, -0.2) is 54.0 Å². The number of hydrazine groups is 1. The van der Waals surface area contributed by atoms with Crippen molar-refractivity contribution in [2.75, 3.05) is 6.54 Å². The van der Waals surface area contributed by atoms with Gasteiger partial charge in [-0.2, -0.15) is 0 Å². The van der Waals surface area contributed by atoms with Gasteiger partial charge in [0, 0.05) is 24.8 Å². The van der Waals surface area contributed by atoms with E-state index in [9.17, 15) is 19.7 Å². The molecule has 38 heavy (non-hydrogen) atoms. The number of nitrogens with one attached hydrogen (secondary N) is 2. The van der Waals surface area contributed by atoms with Crippen molar-refractivity contribution in [1.29, 1.82) is 0 Å². The molecular formula is C26H44BN5O6. The van der Waals surface area contributed by atoms with Crippen molar-refractivity contribution in [1.82, 2.24) is 10.7 Å². The van der Waals surface area contributed by atoms with E-state index in [4.69, 9.17) is 15.0 Å². The molecule has 212 valence electrons. The lowest BCUT2D eigenvalue weighted by molar-refractivity contribution is -0.525. The molecule has 0 spiro atoms. The molecule has 5 aliphatic rings. The van der Waals surface area contributed by atoms with Crippen molar-refractivity contribution in [3.05, 3.63) is 10.1 Å². The summed E-state index contributed by atoms with van der Waals surface area (Å²) in [5.74, 6) is 0.278. The molecular weight excluding hydrogens is 489 g/mol. The second-order valence-electron chi connectivity index (χ2n) is 13.0. The van der Waals surface area contributed by atoms with Gasteiger partial charge < -0.3 is 20.4 Å². The van der Waals surface area contributed by atoms with Gasteiger partial charge in [0.05, 0.1) is 17.6 Å². The largest absolute Gasteiger partial charge is 0.481 e. The van der Waals surface area contributed by atoms with Gasteiger partial charge in [-0.25, -0.2) is 15.1 Å². The van der Waals surface area contributed by atoms with Gasteiger partial charge in [0.1, 0.15) is 5.78 Å². The van der Waals surface area contributed by atoms with Gasteiger partial charge in [0.25, 0.3) is 5.96 Å². The van der Waals surface area contributed by atoms with Crippen LogP contribution in [0.1, 0.15) is 86.0 Å². The highest BCUT2D eigenvalue weighted by molar-refractivity contribution is 6.47. The number of ketones is 1. The molecule has 1 heterocycles. The second kappa shape index (κ2) is 11.1. The molecule has 11 nitrogen and oxygen atoms in total. The molecule has 2 bridgehead atoms. The maximum absolute atomic E-state index is 13.6. The summed E-state index contributed by atoms with van der Waals surface area (Å²) in [6, 6.07) is 0. The van der Waals surface area contributed by atoms with Crippen molar-refractivity contribution in [3.8, 4) is 0 Å². The number of nitrogens with two attached hydrogens (primary N) is 1. The first-order valence-electron chi connectivity index (χ1n) is 14.2. The normalized spacial score (nSPS) is 31.3. The van der Waals surface area contributed by atoms with Crippen LogP contribution in [0.4, 0.5) is 0 Å². The first-order chi connectivity index (χ1) is 17.8. The fourth-order valence-electron chi connectivity index (χ4n) is 6.92. The fourth-order valence-corrected chi connectivity index (χ4v) is 6.92. The van der Waals surface area contributed by atoms with Crippen LogP contribution in [0.5, 0.6) is 0 Å². The van der Waals surface area contributed by atoms with Crippen LogP contribution in [0, 0.1) is 45.1 Å².